The van der Waals surface area contributed by atoms with Crippen LogP contribution in [0.2, 0.25) is 0 Å². The van der Waals surface area contributed by atoms with E-state index in [1.165, 1.54) is 12.1 Å². The van der Waals surface area contributed by atoms with Gasteiger partial charge in [-0.3, -0.25) is 9.69 Å². The van der Waals surface area contributed by atoms with Gasteiger partial charge < -0.3 is 14.4 Å². The SMILES string of the molecule is O=C(COC[C@@H]1CCCO1)N1CCCN(Cc2ccc(F)cc2)CC1. The number of hydrogen-bond donors (Lipinski definition) is 0. The number of halogens is 1. The maximum Gasteiger partial charge on any atom is 0.248 e. The Morgan fingerprint density at radius 3 is 2.76 bits per heavy atom. The molecular weight excluding hydrogens is 323 g/mol. The average Bonchev–Trinajstić information content (AvgIpc) is 3.02. The Balaban J connectivity index is 1.39. The Morgan fingerprint density at radius 1 is 1.16 bits per heavy atom. The molecule has 1 aromatic rings. The van der Waals surface area contributed by atoms with Gasteiger partial charge in [-0.05, 0) is 37.0 Å². The van der Waals surface area contributed by atoms with Gasteiger partial charge in [0, 0.05) is 39.3 Å². The second-order valence-corrected chi connectivity index (χ2v) is 6.79. The van der Waals surface area contributed by atoms with Crippen molar-refractivity contribution in [1.82, 2.24) is 9.80 Å². The van der Waals surface area contributed by atoms with Gasteiger partial charge in [-0.15, -0.1) is 0 Å². The smallest absolute Gasteiger partial charge is 0.248 e. The summed E-state index contributed by atoms with van der Waals surface area (Å²) in [6, 6.07) is 6.63. The molecule has 2 saturated heterocycles. The van der Waals surface area contributed by atoms with E-state index in [0.717, 1.165) is 57.6 Å². The van der Waals surface area contributed by atoms with E-state index >= 15 is 0 Å². The van der Waals surface area contributed by atoms with Gasteiger partial charge in [0.2, 0.25) is 5.91 Å². The molecule has 0 saturated carbocycles. The zero-order valence-electron chi connectivity index (χ0n) is 14.7. The summed E-state index contributed by atoms with van der Waals surface area (Å²) in [4.78, 5) is 16.5. The molecule has 1 aromatic carbocycles. The summed E-state index contributed by atoms with van der Waals surface area (Å²) in [6.07, 6.45) is 3.20. The minimum atomic E-state index is -0.209. The molecule has 138 valence electrons. The van der Waals surface area contributed by atoms with Crippen molar-refractivity contribution in [3.63, 3.8) is 0 Å². The van der Waals surface area contributed by atoms with Crippen molar-refractivity contribution in [2.24, 2.45) is 0 Å². The molecule has 2 fully saturated rings. The van der Waals surface area contributed by atoms with Gasteiger partial charge in [-0.25, -0.2) is 4.39 Å². The normalized spacial score (nSPS) is 22.1. The molecule has 0 N–H and O–H groups in total. The highest BCUT2D eigenvalue weighted by molar-refractivity contribution is 5.77. The summed E-state index contributed by atoms with van der Waals surface area (Å²) in [5, 5.41) is 0. The Kier molecular flexibility index (Phi) is 6.78. The lowest BCUT2D eigenvalue weighted by Gasteiger charge is -2.22. The third kappa shape index (κ3) is 5.76. The van der Waals surface area contributed by atoms with E-state index in [0.29, 0.717) is 13.2 Å². The standard InChI is InChI=1S/C19H27FN2O3/c20-17-6-4-16(5-7-17)13-21-8-2-9-22(11-10-21)19(23)15-24-14-18-3-1-12-25-18/h4-7,18H,1-3,8-15H2/t18-/m0/s1. The molecule has 2 aliphatic rings. The lowest BCUT2D eigenvalue weighted by molar-refractivity contribution is -0.137. The molecule has 25 heavy (non-hydrogen) atoms. The summed E-state index contributed by atoms with van der Waals surface area (Å²) >= 11 is 0. The number of rotatable bonds is 6. The first-order chi connectivity index (χ1) is 12.2. The first-order valence-electron chi connectivity index (χ1n) is 9.14. The van der Waals surface area contributed by atoms with Crippen LogP contribution in [-0.2, 0) is 20.8 Å². The molecule has 1 amide bonds. The Morgan fingerprint density at radius 2 is 2.00 bits per heavy atom. The molecule has 0 bridgehead atoms. The van der Waals surface area contributed by atoms with Crippen molar-refractivity contribution >= 4 is 5.91 Å². The van der Waals surface area contributed by atoms with E-state index in [4.69, 9.17) is 9.47 Å². The highest BCUT2D eigenvalue weighted by Gasteiger charge is 2.21. The molecule has 3 rings (SSSR count). The Bertz CT molecular complexity index is 546. The van der Waals surface area contributed by atoms with E-state index < -0.39 is 0 Å². The fourth-order valence-corrected chi connectivity index (χ4v) is 3.37. The van der Waals surface area contributed by atoms with Crippen molar-refractivity contribution in [3.05, 3.63) is 35.6 Å². The van der Waals surface area contributed by atoms with E-state index in [1.54, 1.807) is 0 Å². The van der Waals surface area contributed by atoms with Crippen LogP contribution in [0.3, 0.4) is 0 Å². The zero-order valence-corrected chi connectivity index (χ0v) is 14.7. The summed E-state index contributed by atoms with van der Waals surface area (Å²) in [7, 11) is 0. The number of benzene rings is 1. The van der Waals surface area contributed by atoms with Crippen molar-refractivity contribution < 1.29 is 18.7 Å². The van der Waals surface area contributed by atoms with E-state index in [1.807, 2.05) is 17.0 Å². The number of amides is 1. The van der Waals surface area contributed by atoms with Crippen LogP contribution >= 0.6 is 0 Å². The van der Waals surface area contributed by atoms with Gasteiger partial charge in [-0.1, -0.05) is 12.1 Å². The Labute approximate surface area is 148 Å². The van der Waals surface area contributed by atoms with Crippen LogP contribution in [0.4, 0.5) is 4.39 Å². The molecule has 1 atom stereocenters. The molecule has 0 aromatic heterocycles. The summed E-state index contributed by atoms with van der Waals surface area (Å²) in [5.41, 5.74) is 1.10. The largest absolute Gasteiger partial charge is 0.376 e. The van der Waals surface area contributed by atoms with Crippen LogP contribution in [0.5, 0.6) is 0 Å². The predicted octanol–water partition coefficient (Wildman–Crippen LogP) is 2.06. The monoisotopic (exact) mass is 350 g/mol. The molecule has 0 unspecified atom stereocenters. The second-order valence-electron chi connectivity index (χ2n) is 6.79. The number of nitrogens with zero attached hydrogens (tertiary/aromatic N) is 2. The van der Waals surface area contributed by atoms with Crippen LogP contribution in [0.1, 0.15) is 24.8 Å². The minimum absolute atomic E-state index is 0.0571. The van der Waals surface area contributed by atoms with Crippen LogP contribution in [0.25, 0.3) is 0 Å². The lowest BCUT2D eigenvalue weighted by atomic mass is 10.2. The summed E-state index contributed by atoms with van der Waals surface area (Å²) in [5.74, 6) is -0.152. The van der Waals surface area contributed by atoms with Gasteiger partial charge in [0.15, 0.2) is 0 Å². The summed E-state index contributed by atoms with van der Waals surface area (Å²) in [6.45, 7) is 5.49. The molecule has 0 radical (unpaired) electrons. The first kappa shape index (κ1) is 18.3. The fourth-order valence-electron chi connectivity index (χ4n) is 3.37. The van der Waals surface area contributed by atoms with Gasteiger partial charge in [-0.2, -0.15) is 0 Å². The minimum Gasteiger partial charge on any atom is -0.376 e. The van der Waals surface area contributed by atoms with Crippen molar-refractivity contribution in [2.45, 2.75) is 31.9 Å². The van der Waals surface area contributed by atoms with Crippen LogP contribution in [0.15, 0.2) is 24.3 Å². The van der Waals surface area contributed by atoms with E-state index in [-0.39, 0.29) is 24.4 Å². The number of carbonyl (C=O) groups is 1. The third-order valence-corrected chi connectivity index (χ3v) is 4.81. The average molecular weight is 350 g/mol. The number of hydrogen-bond acceptors (Lipinski definition) is 4. The molecule has 5 nitrogen and oxygen atoms in total. The van der Waals surface area contributed by atoms with E-state index in [9.17, 15) is 9.18 Å². The summed E-state index contributed by atoms with van der Waals surface area (Å²) < 4.78 is 24.0. The zero-order chi connectivity index (χ0) is 17.5. The molecular formula is C19H27FN2O3. The highest BCUT2D eigenvalue weighted by Crippen LogP contribution is 2.13. The second kappa shape index (κ2) is 9.27. The number of ether oxygens (including phenoxy) is 2. The van der Waals surface area contributed by atoms with Gasteiger partial charge in [0.25, 0.3) is 0 Å². The Hall–Kier alpha value is -1.50. The van der Waals surface area contributed by atoms with Crippen molar-refractivity contribution in [1.29, 1.82) is 0 Å². The molecule has 2 aliphatic heterocycles. The first-order valence-corrected chi connectivity index (χ1v) is 9.14. The highest BCUT2D eigenvalue weighted by atomic mass is 19.1. The van der Waals surface area contributed by atoms with Gasteiger partial charge in [0.1, 0.15) is 12.4 Å². The van der Waals surface area contributed by atoms with Crippen LogP contribution in [0, 0.1) is 5.82 Å². The third-order valence-electron chi connectivity index (χ3n) is 4.81. The quantitative estimate of drug-likeness (QED) is 0.788. The number of carbonyl (C=O) groups excluding carboxylic acids is 1. The topological polar surface area (TPSA) is 42.0 Å². The molecule has 0 spiro atoms. The van der Waals surface area contributed by atoms with Crippen molar-refractivity contribution in [2.75, 3.05) is 46.0 Å². The van der Waals surface area contributed by atoms with Gasteiger partial charge in [0.05, 0.1) is 12.7 Å². The molecule has 0 aliphatic carbocycles. The molecule has 2 heterocycles. The predicted molar refractivity (Wildman–Crippen MR) is 92.7 cm³/mol. The maximum absolute atomic E-state index is 13.0. The lowest BCUT2D eigenvalue weighted by Crippen LogP contribution is -2.37. The van der Waals surface area contributed by atoms with Crippen LogP contribution < -0.4 is 0 Å². The maximum atomic E-state index is 13.0. The van der Waals surface area contributed by atoms with Crippen LogP contribution in [-0.4, -0.2) is 67.8 Å². The van der Waals surface area contributed by atoms with Gasteiger partial charge >= 0.3 is 0 Å². The fraction of sp³-hybridized carbons (Fsp3) is 0.632. The van der Waals surface area contributed by atoms with E-state index in [2.05, 4.69) is 4.90 Å². The molecule has 6 heteroatoms. The van der Waals surface area contributed by atoms with Crippen molar-refractivity contribution in [3.8, 4) is 0 Å².